The Kier molecular flexibility index (Phi) is 13.7. The van der Waals surface area contributed by atoms with Gasteiger partial charge in [0.2, 0.25) is 5.91 Å². The van der Waals surface area contributed by atoms with Crippen LogP contribution in [0.15, 0.2) is 42.5 Å². The van der Waals surface area contributed by atoms with Crippen molar-refractivity contribution < 1.29 is 27.5 Å². The van der Waals surface area contributed by atoms with Gasteiger partial charge in [-0.3, -0.25) is 9.59 Å². The molecule has 2 aromatic carbocycles. The highest BCUT2D eigenvalue weighted by molar-refractivity contribution is 6.33. The van der Waals surface area contributed by atoms with Crippen LogP contribution in [0.4, 0.5) is 13.2 Å². The Morgan fingerprint density at radius 1 is 1.12 bits per heavy atom. The summed E-state index contributed by atoms with van der Waals surface area (Å²) in [6.45, 7) is 6.31. The largest absolute Gasteiger partial charge is 0.497 e. The van der Waals surface area contributed by atoms with Crippen molar-refractivity contribution in [3.63, 3.8) is 0 Å². The smallest absolute Gasteiger partial charge is 0.404 e. The van der Waals surface area contributed by atoms with Crippen LogP contribution in [0, 0.1) is 23.7 Å². The molecule has 2 amide bonds. The van der Waals surface area contributed by atoms with Crippen LogP contribution < -0.4 is 4.74 Å². The first-order valence-electron chi connectivity index (χ1n) is 14.4. The average Bonchev–Trinajstić information content (AvgIpc) is 2.97. The molecule has 1 fully saturated rings. The molecule has 0 aromatic heterocycles. The third kappa shape index (κ3) is 9.42. The highest BCUT2D eigenvalue weighted by atomic mass is 35.5. The van der Waals surface area contributed by atoms with Gasteiger partial charge in [-0.25, -0.2) is 0 Å². The SMILES string of the molecule is CC.CC#C[C@H](CCCc1ccc(C(=O)N(C)C)c(Cl)c1)C1CCN(C(=O)C(c2cccc(OC)c2)C(F)(F)F)CC1. The zero-order chi connectivity index (χ0) is 31.4. The molecule has 9 heteroatoms. The normalized spacial score (nSPS) is 15.0. The predicted molar refractivity (Wildman–Crippen MR) is 162 cm³/mol. The van der Waals surface area contributed by atoms with Gasteiger partial charge in [0.1, 0.15) is 5.75 Å². The van der Waals surface area contributed by atoms with E-state index in [0.717, 1.165) is 24.8 Å². The van der Waals surface area contributed by atoms with E-state index in [1.54, 1.807) is 33.2 Å². The van der Waals surface area contributed by atoms with Crippen LogP contribution in [0.1, 0.15) is 73.9 Å². The molecule has 0 bridgehead atoms. The number of piperidine rings is 1. The van der Waals surface area contributed by atoms with Crippen LogP contribution in [0.25, 0.3) is 0 Å². The van der Waals surface area contributed by atoms with Gasteiger partial charge in [-0.05, 0) is 80.3 Å². The van der Waals surface area contributed by atoms with Crippen molar-refractivity contribution in [3.05, 3.63) is 64.2 Å². The van der Waals surface area contributed by atoms with E-state index in [1.165, 1.54) is 35.1 Å². The van der Waals surface area contributed by atoms with Crippen molar-refractivity contribution in [1.29, 1.82) is 0 Å². The Morgan fingerprint density at radius 2 is 1.79 bits per heavy atom. The fraction of sp³-hybridized carbons (Fsp3) is 0.515. The molecule has 2 atom stereocenters. The maximum atomic E-state index is 14.0. The fourth-order valence-electron chi connectivity index (χ4n) is 5.26. The molecule has 5 nitrogen and oxygen atoms in total. The van der Waals surface area contributed by atoms with E-state index in [4.69, 9.17) is 16.3 Å². The molecule has 0 radical (unpaired) electrons. The lowest BCUT2D eigenvalue weighted by Gasteiger charge is -2.36. The van der Waals surface area contributed by atoms with Gasteiger partial charge >= 0.3 is 6.18 Å². The van der Waals surface area contributed by atoms with Crippen molar-refractivity contribution in [1.82, 2.24) is 9.80 Å². The zero-order valence-electron chi connectivity index (χ0n) is 25.4. The number of carbonyl (C=O) groups excluding carboxylic acids is 2. The molecule has 1 aliphatic rings. The topological polar surface area (TPSA) is 49.9 Å². The maximum Gasteiger partial charge on any atom is 0.404 e. The number of likely N-dealkylation sites (tertiary alicyclic amines) is 1. The Balaban J connectivity index is 0.00000301. The first-order chi connectivity index (χ1) is 20.0. The number of ether oxygens (including phenoxy) is 1. The summed E-state index contributed by atoms with van der Waals surface area (Å²) in [5.41, 5.74) is 1.37. The summed E-state index contributed by atoms with van der Waals surface area (Å²) in [4.78, 5) is 28.1. The third-order valence-electron chi connectivity index (χ3n) is 7.40. The minimum atomic E-state index is -4.71. The van der Waals surface area contributed by atoms with E-state index in [-0.39, 0.29) is 42.1 Å². The number of amides is 2. The van der Waals surface area contributed by atoms with Crippen LogP contribution >= 0.6 is 11.6 Å². The van der Waals surface area contributed by atoms with Gasteiger partial charge in [0.15, 0.2) is 5.92 Å². The van der Waals surface area contributed by atoms with E-state index in [1.807, 2.05) is 26.0 Å². The highest BCUT2D eigenvalue weighted by Crippen LogP contribution is 2.39. The molecule has 1 heterocycles. The molecule has 0 saturated carbocycles. The molecule has 42 heavy (non-hydrogen) atoms. The molecule has 1 aliphatic heterocycles. The summed E-state index contributed by atoms with van der Waals surface area (Å²) in [7, 11) is 4.73. The standard InChI is InChI=1S/C31H36ClF3N2O3.C2H6/c1-5-8-22(10-6-9-21-13-14-26(27(32)19-21)29(38)36(2)3)23-15-17-37(18-16-23)30(39)28(31(33,34)35)24-11-7-12-25(20-24)40-4;1-2/h7,11-14,19-20,22-23,28H,6,9-10,15-18H2,1-4H3;1-2H3/t22-,28?;/m1./s1. The molecule has 230 valence electrons. The number of rotatable bonds is 9. The summed E-state index contributed by atoms with van der Waals surface area (Å²) in [6.07, 6.45) is -1.07. The molecular formula is C33H42ClF3N2O3. The van der Waals surface area contributed by atoms with Gasteiger partial charge in [-0.2, -0.15) is 13.2 Å². The van der Waals surface area contributed by atoms with E-state index in [2.05, 4.69) is 11.8 Å². The Hall–Kier alpha value is -3.18. The molecule has 3 rings (SSSR count). The monoisotopic (exact) mass is 606 g/mol. The van der Waals surface area contributed by atoms with Crippen molar-refractivity contribution in [2.75, 3.05) is 34.3 Å². The fourth-order valence-corrected chi connectivity index (χ4v) is 5.55. The number of benzene rings is 2. The van der Waals surface area contributed by atoms with E-state index < -0.39 is 18.0 Å². The number of aryl methyl sites for hydroxylation is 1. The Morgan fingerprint density at radius 3 is 2.33 bits per heavy atom. The molecule has 0 aliphatic carbocycles. The summed E-state index contributed by atoms with van der Waals surface area (Å²) in [5, 5.41) is 0.421. The van der Waals surface area contributed by atoms with Crippen molar-refractivity contribution in [2.45, 2.75) is 65.0 Å². The van der Waals surface area contributed by atoms with Crippen molar-refractivity contribution in [2.24, 2.45) is 11.8 Å². The Labute approximate surface area is 253 Å². The van der Waals surface area contributed by atoms with Crippen molar-refractivity contribution >= 4 is 23.4 Å². The summed E-state index contributed by atoms with van der Waals surface area (Å²) < 4.78 is 47.1. The first kappa shape index (κ1) is 35.0. The number of alkyl halides is 3. The van der Waals surface area contributed by atoms with Crippen molar-refractivity contribution in [3.8, 4) is 17.6 Å². The van der Waals surface area contributed by atoms with Gasteiger partial charge < -0.3 is 14.5 Å². The van der Waals surface area contributed by atoms with Crippen LogP contribution in [0.5, 0.6) is 5.75 Å². The first-order valence-corrected chi connectivity index (χ1v) is 14.8. The number of carbonyl (C=O) groups is 2. The summed E-state index contributed by atoms with van der Waals surface area (Å²) in [5.74, 6) is 3.56. The number of hydrogen-bond acceptors (Lipinski definition) is 3. The molecule has 2 aromatic rings. The van der Waals surface area contributed by atoms with E-state index in [0.29, 0.717) is 23.4 Å². The molecule has 0 spiro atoms. The average molecular weight is 607 g/mol. The second-order valence-electron chi connectivity index (χ2n) is 10.3. The minimum absolute atomic E-state index is 0.0871. The van der Waals surface area contributed by atoms with Crippen LogP contribution in [0.3, 0.4) is 0 Å². The van der Waals surface area contributed by atoms with Crippen LogP contribution in [-0.2, 0) is 11.2 Å². The lowest BCUT2D eigenvalue weighted by Crippen LogP contribution is -2.45. The number of methoxy groups -OCH3 is 1. The summed E-state index contributed by atoms with van der Waals surface area (Å²) in [6, 6.07) is 11.1. The second kappa shape index (κ2) is 16.5. The Bertz CT molecular complexity index is 1250. The summed E-state index contributed by atoms with van der Waals surface area (Å²) >= 11 is 6.35. The third-order valence-corrected chi connectivity index (χ3v) is 7.71. The minimum Gasteiger partial charge on any atom is -0.497 e. The number of halogens is 4. The molecule has 1 saturated heterocycles. The van der Waals surface area contributed by atoms with E-state index in [9.17, 15) is 22.8 Å². The molecule has 0 N–H and O–H groups in total. The van der Waals surface area contributed by atoms with Gasteiger partial charge in [0, 0.05) is 33.1 Å². The zero-order valence-corrected chi connectivity index (χ0v) is 26.1. The quantitative estimate of drug-likeness (QED) is 0.276. The molecular weight excluding hydrogens is 565 g/mol. The molecule has 1 unspecified atom stereocenters. The second-order valence-corrected chi connectivity index (χ2v) is 10.7. The van der Waals surface area contributed by atoms with Gasteiger partial charge in [0.25, 0.3) is 5.91 Å². The maximum absolute atomic E-state index is 14.0. The predicted octanol–water partition coefficient (Wildman–Crippen LogP) is 7.62. The van der Waals surface area contributed by atoms with E-state index >= 15 is 0 Å². The number of hydrogen-bond donors (Lipinski definition) is 0. The van der Waals surface area contributed by atoms with Crippen LogP contribution in [-0.4, -0.2) is 62.1 Å². The lowest BCUT2D eigenvalue weighted by molar-refractivity contribution is -0.173. The van der Waals surface area contributed by atoms with Crippen LogP contribution in [0.2, 0.25) is 5.02 Å². The lowest BCUT2D eigenvalue weighted by atomic mass is 9.81. The number of nitrogens with zero attached hydrogens (tertiary/aromatic N) is 2. The highest BCUT2D eigenvalue weighted by Gasteiger charge is 2.48. The van der Waals surface area contributed by atoms with Gasteiger partial charge in [-0.1, -0.05) is 49.6 Å². The van der Waals surface area contributed by atoms with Gasteiger partial charge in [0.05, 0.1) is 17.7 Å². The van der Waals surface area contributed by atoms with Gasteiger partial charge in [-0.15, -0.1) is 5.92 Å².